The number of hydrogen-bond acceptors (Lipinski definition) is 8. The van der Waals surface area contributed by atoms with E-state index in [0.717, 1.165) is 17.3 Å². The summed E-state index contributed by atoms with van der Waals surface area (Å²) in [5.41, 5.74) is 3.27. The second-order valence-corrected chi connectivity index (χ2v) is 11.1. The molecule has 14 heteroatoms. The smallest absolute Gasteiger partial charge is 0.265 e. The molecule has 1 aliphatic heterocycles. The van der Waals surface area contributed by atoms with E-state index in [1.165, 1.54) is 35.9 Å². The summed E-state index contributed by atoms with van der Waals surface area (Å²) in [6.45, 7) is 1.15. The van der Waals surface area contributed by atoms with Crippen molar-refractivity contribution in [3.8, 4) is 22.6 Å². The van der Waals surface area contributed by atoms with Crippen molar-refractivity contribution in [2.24, 2.45) is 0 Å². The summed E-state index contributed by atoms with van der Waals surface area (Å²) < 4.78 is 34.9. The van der Waals surface area contributed by atoms with Crippen LogP contribution >= 0.6 is 11.5 Å². The molecule has 5 aromatic heterocycles. The van der Waals surface area contributed by atoms with Gasteiger partial charge in [-0.15, -0.1) is 0 Å². The Bertz CT molecular complexity index is 1980. The number of carbonyl (C=O) groups is 2. The lowest BCUT2D eigenvalue weighted by molar-refractivity contribution is 0.0700. The average Bonchev–Trinajstić information content (AvgIpc) is 3.81. The standard InChI is InChI=1S/C30H23F2N9O2S/c31-20-3-1-18(2-4-20)27-28(40(17-34-27)21-9-13-39(14-10-21)30(43)23-8-12-35-44-23)22-5-6-26-36-25(16-41(26)38-22)37-29(42)19-7-11-33-24(32)15-19/h1-8,11-12,15-17,21H,9-10,13-14H2,(H,37,42). The van der Waals surface area contributed by atoms with Crippen LogP contribution in [0.15, 0.2) is 79.5 Å². The number of likely N-dealkylation sites (tertiary alicyclic amines) is 1. The maximum absolute atomic E-state index is 13.8. The number of aromatic nitrogens is 7. The van der Waals surface area contributed by atoms with E-state index < -0.39 is 11.9 Å². The van der Waals surface area contributed by atoms with E-state index in [2.05, 4.69) is 24.2 Å². The van der Waals surface area contributed by atoms with Gasteiger partial charge in [0.05, 0.1) is 23.9 Å². The zero-order valence-corrected chi connectivity index (χ0v) is 23.8. The topological polar surface area (TPSA) is 123 Å². The number of hydrogen-bond donors (Lipinski definition) is 1. The van der Waals surface area contributed by atoms with Crippen LogP contribution < -0.4 is 5.32 Å². The third kappa shape index (κ3) is 5.30. The second kappa shape index (κ2) is 11.4. The Hall–Kier alpha value is -5.37. The molecule has 7 rings (SSSR count). The van der Waals surface area contributed by atoms with Crippen LogP contribution in [0.3, 0.4) is 0 Å². The Balaban J connectivity index is 1.20. The van der Waals surface area contributed by atoms with Gasteiger partial charge in [0.25, 0.3) is 11.8 Å². The molecule has 1 aliphatic rings. The van der Waals surface area contributed by atoms with E-state index >= 15 is 0 Å². The van der Waals surface area contributed by atoms with Crippen molar-refractivity contribution in [1.82, 2.24) is 38.4 Å². The van der Waals surface area contributed by atoms with Crippen molar-refractivity contribution in [3.63, 3.8) is 0 Å². The summed E-state index contributed by atoms with van der Waals surface area (Å²) in [6, 6.07) is 13.9. The zero-order valence-electron chi connectivity index (χ0n) is 23.0. The van der Waals surface area contributed by atoms with Gasteiger partial charge in [0, 0.05) is 48.7 Å². The highest BCUT2D eigenvalue weighted by Gasteiger charge is 2.28. The van der Waals surface area contributed by atoms with Gasteiger partial charge in [-0.2, -0.15) is 9.49 Å². The van der Waals surface area contributed by atoms with Gasteiger partial charge in [-0.1, -0.05) is 0 Å². The van der Waals surface area contributed by atoms with E-state index in [1.54, 1.807) is 47.5 Å². The van der Waals surface area contributed by atoms with E-state index in [0.29, 0.717) is 47.8 Å². The molecule has 1 saturated heterocycles. The lowest BCUT2D eigenvalue weighted by atomic mass is 10.0. The molecule has 1 N–H and O–H groups in total. The number of pyridine rings is 1. The van der Waals surface area contributed by atoms with Crippen LogP contribution in [0, 0.1) is 11.8 Å². The minimum Gasteiger partial charge on any atom is -0.338 e. The van der Waals surface area contributed by atoms with Gasteiger partial charge in [-0.05, 0) is 72.9 Å². The van der Waals surface area contributed by atoms with E-state index in [9.17, 15) is 18.4 Å². The molecule has 6 aromatic rings. The highest BCUT2D eigenvalue weighted by atomic mass is 32.1. The molecule has 0 atom stereocenters. The molecule has 6 heterocycles. The lowest BCUT2D eigenvalue weighted by Gasteiger charge is -2.33. The Kier molecular flexibility index (Phi) is 7.10. The van der Waals surface area contributed by atoms with Crippen LogP contribution in [0.4, 0.5) is 14.6 Å². The van der Waals surface area contributed by atoms with Gasteiger partial charge in [-0.3, -0.25) is 9.59 Å². The molecular formula is C30H23F2N9O2S. The van der Waals surface area contributed by atoms with Gasteiger partial charge in [0.1, 0.15) is 16.4 Å². The summed E-state index contributed by atoms with van der Waals surface area (Å²) in [5, 5.41) is 7.46. The van der Waals surface area contributed by atoms with Crippen LogP contribution in [0.2, 0.25) is 0 Å². The van der Waals surface area contributed by atoms with Crippen LogP contribution in [0.1, 0.15) is 38.9 Å². The number of imidazole rings is 2. The fourth-order valence-electron chi connectivity index (χ4n) is 5.34. The second-order valence-electron chi connectivity index (χ2n) is 10.2. The van der Waals surface area contributed by atoms with Gasteiger partial charge in [-0.25, -0.2) is 28.2 Å². The summed E-state index contributed by atoms with van der Waals surface area (Å²) >= 11 is 1.19. The van der Waals surface area contributed by atoms with Gasteiger partial charge in [0.15, 0.2) is 11.5 Å². The molecule has 0 radical (unpaired) electrons. The minimum atomic E-state index is -0.760. The van der Waals surface area contributed by atoms with Crippen molar-refractivity contribution in [3.05, 3.63) is 102 Å². The molecule has 44 heavy (non-hydrogen) atoms. The van der Waals surface area contributed by atoms with E-state index in [1.807, 2.05) is 11.0 Å². The van der Waals surface area contributed by atoms with Crippen molar-refractivity contribution in [2.45, 2.75) is 18.9 Å². The van der Waals surface area contributed by atoms with Gasteiger partial charge >= 0.3 is 0 Å². The number of halogens is 2. The van der Waals surface area contributed by atoms with E-state index in [-0.39, 0.29) is 29.1 Å². The third-order valence-corrected chi connectivity index (χ3v) is 8.23. The maximum atomic E-state index is 13.8. The van der Waals surface area contributed by atoms with Crippen LogP contribution in [-0.4, -0.2) is 63.3 Å². The van der Waals surface area contributed by atoms with Crippen LogP contribution in [-0.2, 0) is 0 Å². The number of fused-ring (bicyclic) bond motifs is 1. The first kappa shape index (κ1) is 27.5. The van der Waals surface area contributed by atoms with E-state index in [4.69, 9.17) is 10.1 Å². The largest absolute Gasteiger partial charge is 0.338 e. The number of rotatable bonds is 6. The summed E-state index contributed by atoms with van der Waals surface area (Å²) in [7, 11) is 0. The highest BCUT2D eigenvalue weighted by molar-refractivity contribution is 7.08. The summed E-state index contributed by atoms with van der Waals surface area (Å²) in [4.78, 5) is 40.6. The number of nitrogens with one attached hydrogen (secondary N) is 1. The molecule has 1 fully saturated rings. The molecular weight excluding hydrogens is 588 g/mol. The number of benzene rings is 1. The first-order valence-electron chi connectivity index (χ1n) is 13.8. The molecule has 11 nitrogen and oxygen atoms in total. The SMILES string of the molecule is O=C(Nc1cn2nc(-c3c(-c4ccc(F)cc4)ncn3C3CCN(C(=O)c4ccns4)CC3)ccc2n1)c1ccnc(F)c1. The Morgan fingerprint density at radius 2 is 1.77 bits per heavy atom. The number of amides is 2. The molecule has 220 valence electrons. The normalized spacial score (nSPS) is 13.8. The Morgan fingerprint density at radius 3 is 2.52 bits per heavy atom. The maximum Gasteiger partial charge on any atom is 0.265 e. The van der Waals surface area contributed by atoms with Crippen LogP contribution in [0.25, 0.3) is 28.3 Å². The summed E-state index contributed by atoms with van der Waals surface area (Å²) in [5.74, 6) is -1.43. The lowest BCUT2D eigenvalue weighted by Crippen LogP contribution is -2.38. The monoisotopic (exact) mass is 611 g/mol. The molecule has 0 aliphatic carbocycles. The fourth-order valence-corrected chi connectivity index (χ4v) is 5.90. The quantitative estimate of drug-likeness (QED) is 0.260. The number of piperidine rings is 1. The molecule has 0 unspecified atom stereocenters. The van der Waals surface area contributed by atoms with Gasteiger partial charge < -0.3 is 14.8 Å². The zero-order chi connectivity index (χ0) is 30.2. The Labute approximate surface area is 253 Å². The van der Waals surface area contributed by atoms with Crippen molar-refractivity contribution >= 4 is 34.8 Å². The average molecular weight is 612 g/mol. The predicted octanol–water partition coefficient (Wildman–Crippen LogP) is 5.12. The third-order valence-electron chi connectivity index (χ3n) is 7.50. The molecule has 0 spiro atoms. The predicted molar refractivity (Wildman–Crippen MR) is 158 cm³/mol. The van der Waals surface area contributed by atoms with Crippen molar-refractivity contribution in [2.75, 3.05) is 18.4 Å². The first-order chi connectivity index (χ1) is 21.4. The van der Waals surface area contributed by atoms with Crippen molar-refractivity contribution < 1.29 is 18.4 Å². The van der Waals surface area contributed by atoms with Crippen LogP contribution in [0.5, 0.6) is 0 Å². The number of nitrogens with zero attached hydrogens (tertiary/aromatic N) is 8. The molecule has 2 amide bonds. The molecule has 0 saturated carbocycles. The fraction of sp³-hybridized carbons (Fsp3) is 0.167. The minimum absolute atomic E-state index is 0.0204. The molecule has 0 bridgehead atoms. The van der Waals surface area contributed by atoms with Crippen molar-refractivity contribution in [1.29, 1.82) is 0 Å². The number of anilines is 1. The first-order valence-corrected chi connectivity index (χ1v) is 14.5. The highest BCUT2D eigenvalue weighted by Crippen LogP contribution is 2.36. The van der Waals surface area contributed by atoms with Gasteiger partial charge in [0.2, 0.25) is 5.95 Å². The summed E-state index contributed by atoms with van der Waals surface area (Å²) in [6.07, 6.45) is 7.58. The number of carbonyl (C=O) groups excluding carboxylic acids is 2. The Morgan fingerprint density at radius 1 is 0.955 bits per heavy atom. The molecule has 1 aromatic carbocycles.